The van der Waals surface area contributed by atoms with Crippen molar-refractivity contribution in [1.29, 1.82) is 0 Å². The summed E-state index contributed by atoms with van der Waals surface area (Å²) in [6.07, 6.45) is -3.63. The molecule has 0 saturated carbocycles. The van der Waals surface area contributed by atoms with Gasteiger partial charge in [0.05, 0.1) is 11.1 Å². The van der Waals surface area contributed by atoms with Crippen molar-refractivity contribution >= 4 is 34.4 Å². The van der Waals surface area contributed by atoms with Gasteiger partial charge in [-0.2, -0.15) is 30.9 Å². The Bertz CT molecular complexity index is 998. The Morgan fingerprint density at radius 3 is 2.58 bits per heavy atom. The molecule has 0 aliphatic heterocycles. The van der Waals surface area contributed by atoms with Gasteiger partial charge < -0.3 is 5.11 Å². The van der Waals surface area contributed by atoms with Gasteiger partial charge in [-0.25, -0.2) is 4.98 Å². The second kappa shape index (κ2) is 6.16. The van der Waals surface area contributed by atoms with E-state index in [1.807, 2.05) is 0 Å². The van der Waals surface area contributed by atoms with Gasteiger partial charge in [-0.1, -0.05) is 17.7 Å². The molecule has 0 atom stereocenters. The zero-order valence-corrected chi connectivity index (χ0v) is 14.0. The number of thiazole rings is 1. The summed E-state index contributed by atoms with van der Waals surface area (Å²) in [5.74, 6) is -9.22. The predicted octanol–water partition coefficient (Wildman–Crippen LogP) is 3.47. The Hall–Kier alpha value is -2.27. The van der Waals surface area contributed by atoms with Gasteiger partial charge >= 0.3 is 18.0 Å². The van der Waals surface area contributed by atoms with Crippen LogP contribution in [0.25, 0.3) is 5.65 Å². The minimum Gasteiger partial charge on any atom is -0.475 e. The minimum absolute atomic E-state index is 0.0378. The maximum atomic E-state index is 13.5. The van der Waals surface area contributed by atoms with E-state index in [0.29, 0.717) is 4.88 Å². The molecule has 3 rings (SSSR count). The first-order valence-corrected chi connectivity index (χ1v) is 8.05. The van der Waals surface area contributed by atoms with Crippen molar-refractivity contribution in [1.82, 2.24) is 9.38 Å². The molecule has 0 bridgehead atoms. The van der Waals surface area contributed by atoms with E-state index in [2.05, 4.69) is 4.98 Å². The van der Waals surface area contributed by atoms with Gasteiger partial charge in [-0.3, -0.25) is 4.79 Å². The molecule has 0 saturated heterocycles. The molecular weight excluding hydrogens is 405 g/mol. The van der Waals surface area contributed by atoms with E-state index in [4.69, 9.17) is 11.6 Å². The number of imidazole rings is 1. The summed E-state index contributed by atoms with van der Waals surface area (Å²) in [4.78, 5) is 16.2. The number of fused-ring (bicyclic) bond motifs is 1. The van der Waals surface area contributed by atoms with Crippen LogP contribution < -0.4 is 4.57 Å². The van der Waals surface area contributed by atoms with Gasteiger partial charge in [-0.15, -0.1) is 11.3 Å². The summed E-state index contributed by atoms with van der Waals surface area (Å²) >= 11 is 6.73. The molecule has 26 heavy (non-hydrogen) atoms. The van der Waals surface area contributed by atoms with Crippen LogP contribution in [0.15, 0.2) is 30.6 Å². The highest BCUT2D eigenvalue weighted by molar-refractivity contribution is 7.15. The SMILES string of the molecule is O=C(c1c(O)[n+](Cc2cnc(Cl)s2)c2ccccn12)C(F)(F)C(F)(F)F. The zero-order valence-electron chi connectivity index (χ0n) is 12.5. The summed E-state index contributed by atoms with van der Waals surface area (Å²) in [6, 6.07) is 4.15. The number of aromatic nitrogens is 3. The van der Waals surface area contributed by atoms with Crippen LogP contribution in [0.2, 0.25) is 4.47 Å². The first-order chi connectivity index (χ1) is 12.0. The van der Waals surface area contributed by atoms with Crippen LogP contribution in [-0.2, 0) is 6.54 Å². The van der Waals surface area contributed by atoms with Crippen molar-refractivity contribution in [3.05, 3.63) is 45.6 Å². The molecule has 0 fully saturated rings. The smallest absolute Gasteiger partial charge is 0.461 e. The van der Waals surface area contributed by atoms with Crippen LogP contribution in [0.4, 0.5) is 22.0 Å². The maximum Gasteiger partial charge on any atom is 0.461 e. The normalized spacial score (nSPS) is 12.7. The van der Waals surface area contributed by atoms with Crippen LogP contribution in [-0.4, -0.2) is 32.4 Å². The molecule has 0 amide bonds. The molecule has 0 spiro atoms. The van der Waals surface area contributed by atoms with Gasteiger partial charge in [0.2, 0.25) is 0 Å². The average Bonchev–Trinajstić information content (AvgIpc) is 3.08. The largest absolute Gasteiger partial charge is 0.475 e. The summed E-state index contributed by atoms with van der Waals surface area (Å²) in [5.41, 5.74) is -1.13. The monoisotopic (exact) mass is 412 g/mol. The third-order valence-electron chi connectivity index (χ3n) is 3.52. The highest BCUT2D eigenvalue weighted by atomic mass is 35.5. The molecule has 12 heteroatoms. The number of ketones is 1. The van der Waals surface area contributed by atoms with E-state index in [0.717, 1.165) is 26.5 Å². The standard InChI is InChI=1S/C14H7ClF5N3O2S/c15-12-21-5-7(26-12)6-23-8-3-1-2-4-22(8)9(11(23)25)10(24)13(16,17)14(18,19)20/h1-5H,6H2/p+1. The molecule has 0 radical (unpaired) electrons. The quantitative estimate of drug-likeness (QED) is 0.405. The van der Waals surface area contributed by atoms with E-state index in [1.165, 1.54) is 24.4 Å². The Kier molecular flexibility index (Phi) is 4.39. The number of rotatable bonds is 4. The molecule has 0 unspecified atom stereocenters. The number of alkyl halides is 5. The summed E-state index contributed by atoms with van der Waals surface area (Å²) < 4.78 is 66.7. The lowest BCUT2D eigenvalue weighted by Gasteiger charge is -2.16. The number of aromatic hydroxyl groups is 1. The number of hydrogen-bond donors (Lipinski definition) is 1. The number of hydrogen-bond acceptors (Lipinski definition) is 4. The molecule has 3 aromatic rings. The number of nitrogens with zero attached hydrogens (tertiary/aromatic N) is 3. The van der Waals surface area contributed by atoms with Crippen molar-refractivity contribution in [3.63, 3.8) is 0 Å². The highest BCUT2D eigenvalue weighted by Crippen LogP contribution is 2.39. The molecule has 138 valence electrons. The van der Waals surface area contributed by atoms with Crippen molar-refractivity contribution < 1.29 is 36.4 Å². The summed E-state index contributed by atoms with van der Waals surface area (Å²) in [5, 5.41) is 10.3. The molecule has 0 aliphatic carbocycles. The topological polar surface area (TPSA) is 58.5 Å². The molecule has 3 aromatic heterocycles. The second-order valence-electron chi connectivity index (χ2n) is 5.17. The average molecular weight is 413 g/mol. The van der Waals surface area contributed by atoms with Crippen LogP contribution in [0.3, 0.4) is 0 Å². The number of pyridine rings is 1. The van der Waals surface area contributed by atoms with Gasteiger partial charge in [0.1, 0.15) is 6.54 Å². The first-order valence-electron chi connectivity index (χ1n) is 6.85. The number of Topliss-reactive ketones (excluding diaryl/α,β-unsaturated/α-hetero) is 1. The summed E-state index contributed by atoms with van der Waals surface area (Å²) in [6.45, 7) is -0.130. The van der Waals surface area contributed by atoms with Gasteiger partial charge in [0, 0.05) is 12.3 Å². The fraction of sp³-hybridized carbons (Fsp3) is 0.214. The van der Waals surface area contributed by atoms with E-state index in [1.54, 1.807) is 0 Å². The molecular formula is C14H8ClF5N3O2S+. The number of halogens is 6. The lowest BCUT2D eigenvalue weighted by molar-refractivity contribution is -0.667. The lowest BCUT2D eigenvalue weighted by atomic mass is 10.1. The Morgan fingerprint density at radius 1 is 1.31 bits per heavy atom. The Balaban J connectivity index is 2.18. The third kappa shape index (κ3) is 2.90. The fourth-order valence-corrected chi connectivity index (χ4v) is 3.31. The number of carbonyl (C=O) groups excluding carboxylic acids is 1. The Labute approximate surface area is 150 Å². The second-order valence-corrected chi connectivity index (χ2v) is 6.87. The number of carbonyl (C=O) groups is 1. The van der Waals surface area contributed by atoms with Crippen LogP contribution in [0.1, 0.15) is 15.4 Å². The fourth-order valence-electron chi connectivity index (χ4n) is 2.34. The maximum absolute atomic E-state index is 13.5. The molecule has 0 aliphatic rings. The third-order valence-corrected chi connectivity index (χ3v) is 4.62. The predicted molar refractivity (Wildman–Crippen MR) is 80.8 cm³/mol. The minimum atomic E-state index is -6.09. The van der Waals surface area contributed by atoms with Gasteiger partial charge in [-0.05, 0) is 6.07 Å². The van der Waals surface area contributed by atoms with Crippen molar-refractivity contribution in [3.8, 4) is 5.88 Å². The van der Waals surface area contributed by atoms with E-state index >= 15 is 0 Å². The van der Waals surface area contributed by atoms with Crippen LogP contribution in [0, 0.1) is 0 Å². The lowest BCUT2D eigenvalue weighted by Crippen LogP contribution is -2.44. The van der Waals surface area contributed by atoms with Crippen molar-refractivity contribution in [2.24, 2.45) is 0 Å². The molecule has 0 aromatic carbocycles. The molecule has 5 nitrogen and oxygen atoms in total. The van der Waals surface area contributed by atoms with Crippen molar-refractivity contribution in [2.75, 3.05) is 0 Å². The van der Waals surface area contributed by atoms with Gasteiger partial charge in [0.25, 0.3) is 17.1 Å². The Morgan fingerprint density at radius 2 is 2.00 bits per heavy atom. The van der Waals surface area contributed by atoms with E-state index < -0.39 is 29.5 Å². The summed E-state index contributed by atoms with van der Waals surface area (Å²) in [7, 11) is 0. The van der Waals surface area contributed by atoms with Crippen LogP contribution >= 0.6 is 22.9 Å². The zero-order chi connectivity index (χ0) is 19.3. The molecule has 3 heterocycles. The van der Waals surface area contributed by atoms with Crippen molar-refractivity contribution in [2.45, 2.75) is 18.6 Å². The molecule has 1 N–H and O–H groups in total. The first kappa shape index (κ1) is 18.5. The highest BCUT2D eigenvalue weighted by Gasteiger charge is 2.65. The van der Waals surface area contributed by atoms with Gasteiger partial charge in [0.15, 0.2) is 4.47 Å². The van der Waals surface area contributed by atoms with E-state index in [-0.39, 0.29) is 16.7 Å². The van der Waals surface area contributed by atoms with E-state index in [9.17, 15) is 31.9 Å². The van der Waals surface area contributed by atoms with Crippen LogP contribution in [0.5, 0.6) is 5.88 Å².